The Hall–Kier alpha value is -2.47. The first-order valence-electron chi connectivity index (χ1n) is 8.07. The van der Waals surface area contributed by atoms with Crippen molar-refractivity contribution >= 4 is 33.1 Å². The number of nitrogens with one attached hydrogen (secondary N) is 1. The molecule has 0 unspecified atom stereocenters. The van der Waals surface area contributed by atoms with Crippen molar-refractivity contribution in [3.63, 3.8) is 0 Å². The molecule has 0 fully saturated rings. The molecule has 0 radical (unpaired) electrons. The van der Waals surface area contributed by atoms with Gasteiger partial charge in [-0.05, 0) is 68.0 Å². The maximum absolute atomic E-state index is 9.38. The van der Waals surface area contributed by atoms with E-state index in [0.29, 0.717) is 0 Å². The molecule has 0 aliphatic heterocycles. The van der Waals surface area contributed by atoms with E-state index in [2.05, 4.69) is 20.5 Å². The number of aromatic nitrogens is 2. The van der Waals surface area contributed by atoms with E-state index in [1.165, 1.54) is 23.3 Å². The van der Waals surface area contributed by atoms with Crippen molar-refractivity contribution in [3.8, 4) is 5.75 Å². The van der Waals surface area contributed by atoms with E-state index in [0.717, 1.165) is 40.2 Å². The van der Waals surface area contributed by atoms with Crippen LogP contribution in [0, 0.1) is 0 Å². The second-order valence-electron chi connectivity index (χ2n) is 5.97. The van der Waals surface area contributed by atoms with E-state index >= 15 is 0 Å². The van der Waals surface area contributed by atoms with Crippen molar-refractivity contribution in [2.75, 3.05) is 5.43 Å². The Morgan fingerprint density at radius 2 is 1.96 bits per heavy atom. The van der Waals surface area contributed by atoms with Crippen molar-refractivity contribution in [2.24, 2.45) is 5.10 Å². The van der Waals surface area contributed by atoms with Gasteiger partial charge in [0.1, 0.15) is 16.9 Å². The number of anilines is 1. The lowest BCUT2D eigenvalue weighted by atomic mass is 9.97. The number of aromatic hydroxyl groups is 1. The molecule has 1 aliphatic rings. The molecule has 0 saturated heterocycles. The zero-order valence-corrected chi connectivity index (χ0v) is 14.2. The predicted octanol–water partition coefficient (Wildman–Crippen LogP) is 4.11. The summed E-state index contributed by atoms with van der Waals surface area (Å²) >= 11 is 1.78. The van der Waals surface area contributed by atoms with Crippen molar-refractivity contribution in [1.82, 2.24) is 9.97 Å². The molecule has 1 aromatic carbocycles. The molecule has 0 bridgehead atoms. The number of aryl methyl sites for hydroxylation is 2. The summed E-state index contributed by atoms with van der Waals surface area (Å²) in [5.74, 6) is 1.03. The lowest BCUT2D eigenvalue weighted by Gasteiger charge is -2.11. The standard InChI is InChI=1S/C18H18N4OS/c1-11(12-6-8-13(23)9-7-12)21-22-17-16-14-4-2-3-5-15(14)24-18(16)20-10-19-17/h6-10,23H,2-5H2,1H3,(H,19,20,22). The number of rotatable bonds is 3. The number of fused-ring (bicyclic) bond motifs is 3. The highest BCUT2D eigenvalue weighted by atomic mass is 32.1. The third kappa shape index (κ3) is 2.73. The summed E-state index contributed by atoms with van der Waals surface area (Å²) in [4.78, 5) is 11.3. The average Bonchev–Trinajstić information content (AvgIpc) is 2.99. The predicted molar refractivity (Wildman–Crippen MR) is 98.0 cm³/mol. The Morgan fingerprint density at radius 1 is 1.17 bits per heavy atom. The Labute approximate surface area is 144 Å². The number of thiophene rings is 1. The van der Waals surface area contributed by atoms with Crippen LogP contribution >= 0.6 is 11.3 Å². The van der Waals surface area contributed by atoms with Gasteiger partial charge >= 0.3 is 0 Å². The molecule has 2 heterocycles. The van der Waals surface area contributed by atoms with Gasteiger partial charge in [-0.25, -0.2) is 9.97 Å². The van der Waals surface area contributed by atoms with Gasteiger partial charge in [0.15, 0.2) is 5.82 Å². The van der Waals surface area contributed by atoms with Gasteiger partial charge in [-0.2, -0.15) is 5.10 Å². The van der Waals surface area contributed by atoms with Crippen LogP contribution in [-0.2, 0) is 12.8 Å². The van der Waals surface area contributed by atoms with Gasteiger partial charge in [-0.3, -0.25) is 5.43 Å². The molecule has 122 valence electrons. The number of hydrogen-bond acceptors (Lipinski definition) is 6. The maximum atomic E-state index is 9.38. The summed E-state index contributed by atoms with van der Waals surface area (Å²) in [6.07, 6.45) is 6.32. The molecule has 0 saturated carbocycles. The van der Waals surface area contributed by atoms with E-state index < -0.39 is 0 Å². The first-order valence-corrected chi connectivity index (χ1v) is 8.89. The number of nitrogens with zero attached hydrogens (tertiary/aromatic N) is 3. The Balaban J connectivity index is 1.68. The van der Waals surface area contributed by atoms with Gasteiger partial charge in [-0.1, -0.05) is 0 Å². The minimum Gasteiger partial charge on any atom is -0.508 e. The molecule has 2 aromatic heterocycles. The molecule has 0 atom stereocenters. The van der Waals surface area contributed by atoms with Crippen LogP contribution < -0.4 is 5.43 Å². The fraction of sp³-hybridized carbons (Fsp3) is 0.278. The van der Waals surface area contributed by atoms with E-state index in [4.69, 9.17) is 0 Å². The highest BCUT2D eigenvalue weighted by molar-refractivity contribution is 7.19. The molecule has 0 spiro atoms. The van der Waals surface area contributed by atoms with E-state index in [1.807, 2.05) is 19.1 Å². The third-order valence-electron chi connectivity index (χ3n) is 4.37. The van der Waals surface area contributed by atoms with Crippen LogP contribution in [0.4, 0.5) is 5.82 Å². The minimum absolute atomic E-state index is 0.252. The number of hydrazone groups is 1. The molecule has 5 nitrogen and oxygen atoms in total. The topological polar surface area (TPSA) is 70.4 Å². The van der Waals surface area contributed by atoms with Crippen LogP contribution in [-0.4, -0.2) is 20.8 Å². The lowest BCUT2D eigenvalue weighted by Crippen LogP contribution is -2.03. The lowest BCUT2D eigenvalue weighted by molar-refractivity contribution is 0.475. The molecule has 2 N–H and O–H groups in total. The Kier molecular flexibility index (Phi) is 3.90. The van der Waals surface area contributed by atoms with Crippen molar-refractivity contribution in [3.05, 3.63) is 46.6 Å². The van der Waals surface area contributed by atoms with Gasteiger partial charge in [0.05, 0.1) is 11.1 Å². The number of phenolic OH excluding ortho intramolecular Hbond substituents is 1. The molecule has 1 aliphatic carbocycles. The smallest absolute Gasteiger partial charge is 0.158 e. The van der Waals surface area contributed by atoms with Crippen LogP contribution in [0.3, 0.4) is 0 Å². The third-order valence-corrected chi connectivity index (χ3v) is 5.57. The van der Waals surface area contributed by atoms with Crippen LogP contribution in [0.2, 0.25) is 0 Å². The van der Waals surface area contributed by atoms with Gasteiger partial charge in [-0.15, -0.1) is 11.3 Å². The molecular formula is C18H18N4OS. The van der Waals surface area contributed by atoms with Crippen LogP contribution in [0.25, 0.3) is 10.2 Å². The summed E-state index contributed by atoms with van der Waals surface area (Å²) < 4.78 is 0. The van der Waals surface area contributed by atoms with Crippen molar-refractivity contribution in [1.29, 1.82) is 0 Å². The number of hydrogen-bond donors (Lipinski definition) is 2. The summed E-state index contributed by atoms with van der Waals surface area (Å²) in [6, 6.07) is 7.01. The molecule has 24 heavy (non-hydrogen) atoms. The Morgan fingerprint density at radius 3 is 2.79 bits per heavy atom. The molecule has 0 amide bonds. The first kappa shape index (κ1) is 15.1. The fourth-order valence-electron chi connectivity index (χ4n) is 3.08. The largest absolute Gasteiger partial charge is 0.508 e. The highest BCUT2D eigenvalue weighted by Gasteiger charge is 2.19. The average molecular weight is 338 g/mol. The van der Waals surface area contributed by atoms with Gasteiger partial charge < -0.3 is 5.11 Å². The number of benzene rings is 1. The normalized spacial score (nSPS) is 14.6. The Bertz CT molecular complexity index is 915. The summed E-state index contributed by atoms with van der Waals surface area (Å²) in [5, 5.41) is 15.0. The quantitative estimate of drug-likeness (QED) is 0.557. The molecule has 3 aromatic rings. The van der Waals surface area contributed by atoms with Crippen LogP contribution in [0.5, 0.6) is 5.75 Å². The summed E-state index contributed by atoms with van der Waals surface area (Å²) in [6.45, 7) is 1.93. The second-order valence-corrected chi connectivity index (χ2v) is 7.05. The van der Waals surface area contributed by atoms with Crippen molar-refractivity contribution < 1.29 is 5.11 Å². The first-order chi connectivity index (χ1) is 11.7. The van der Waals surface area contributed by atoms with Gasteiger partial charge in [0.2, 0.25) is 0 Å². The van der Waals surface area contributed by atoms with Crippen LogP contribution in [0.15, 0.2) is 35.7 Å². The molecular weight excluding hydrogens is 320 g/mol. The zero-order valence-electron chi connectivity index (χ0n) is 13.4. The molecule has 6 heteroatoms. The molecule has 4 rings (SSSR count). The SMILES string of the molecule is CC(=NNc1ncnc2sc3c(c12)CCCC3)c1ccc(O)cc1. The second kappa shape index (κ2) is 6.20. The zero-order chi connectivity index (χ0) is 16.5. The summed E-state index contributed by atoms with van der Waals surface area (Å²) in [5.41, 5.74) is 6.30. The van der Waals surface area contributed by atoms with Crippen LogP contribution in [0.1, 0.15) is 35.8 Å². The fourth-order valence-corrected chi connectivity index (χ4v) is 4.31. The minimum atomic E-state index is 0.252. The van der Waals surface area contributed by atoms with Gasteiger partial charge in [0, 0.05) is 4.88 Å². The summed E-state index contributed by atoms with van der Waals surface area (Å²) in [7, 11) is 0. The highest BCUT2D eigenvalue weighted by Crippen LogP contribution is 2.38. The monoisotopic (exact) mass is 338 g/mol. The van der Waals surface area contributed by atoms with Gasteiger partial charge in [0.25, 0.3) is 0 Å². The van der Waals surface area contributed by atoms with E-state index in [1.54, 1.807) is 29.8 Å². The number of phenols is 1. The maximum Gasteiger partial charge on any atom is 0.158 e. The van der Waals surface area contributed by atoms with E-state index in [-0.39, 0.29) is 5.75 Å². The van der Waals surface area contributed by atoms with Crippen molar-refractivity contribution in [2.45, 2.75) is 32.6 Å². The van der Waals surface area contributed by atoms with E-state index in [9.17, 15) is 5.11 Å².